The van der Waals surface area contributed by atoms with E-state index in [-0.39, 0.29) is 6.03 Å². The van der Waals surface area contributed by atoms with E-state index < -0.39 is 0 Å². The van der Waals surface area contributed by atoms with Crippen molar-refractivity contribution < 1.29 is 9.53 Å². The first-order valence-corrected chi connectivity index (χ1v) is 7.20. The minimum absolute atomic E-state index is 0.153. The summed E-state index contributed by atoms with van der Waals surface area (Å²) in [4.78, 5) is 13.9. The van der Waals surface area contributed by atoms with Crippen molar-refractivity contribution in [3.63, 3.8) is 0 Å². The Balaban J connectivity index is 1.93. The maximum atomic E-state index is 11.6. The lowest BCUT2D eigenvalue weighted by Gasteiger charge is -2.35. The van der Waals surface area contributed by atoms with Gasteiger partial charge in [-0.3, -0.25) is 0 Å². The van der Waals surface area contributed by atoms with Crippen LogP contribution in [0.2, 0.25) is 0 Å². The molecule has 2 N–H and O–H groups in total. The molecular weight excluding hydrogens is 254 g/mol. The minimum Gasteiger partial charge on any atom is -0.377 e. The molecule has 2 amide bonds. The number of anilines is 2. The summed E-state index contributed by atoms with van der Waals surface area (Å²) in [5, 5.41) is 5.61. The molecule has 1 saturated heterocycles. The van der Waals surface area contributed by atoms with Crippen LogP contribution in [0.15, 0.2) is 24.3 Å². The molecule has 0 radical (unpaired) electrons. The Morgan fingerprint density at radius 1 is 1.40 bits per heavy atom. The van der Waals surface area contributed by atoms with Gasteiger partial charge in [-0.25, -0.2) is 4.79 Å². The summed E-state index contributed by atoms with van der Waals surface area (Å²) in [6.45, 7) is 7.31. The van der Waals surface area contributed by atoms with Crippen LogP contribution in [0, 0.1) is 0 Å². The molecule has 0 aliphatic carbocycles. The lowest BCUT2D eigenvalue weighted by Crippen LogP contribution is -2.43. The van der Waals surface area contributed by atoms with Crippen LogP contribution >= 0.6 is 0 Å². The topological polar surface area (TPSA) is 53.6 Å². The first kappa shape index (κ1) is 14.7. The number of amides is 2. The van der Waals surface area contributed by atoms with Crippen LogP contribution in [0.3, 0.4) is 0 Å². The van der Waals surface area contributed by atoms with Gasteiger partial charge in [0, 0.05) is 30.5 Å². The van der Waals surface area contributed by atoms with Gasteiger partial charge in [-0.15, -0.1) is 0 Å². The first-order chi connectivity index (χ1) is 9.70. The summed E-state index contributed by atoms with van der Waals surface area (Å²) < 4.78 is 5.44. The van der Waals surface area contributed by atoms with Gasteiger partial charge in [-0.05, 0) is 37.6 Å². The van der Waals surface area contributed by atoms with Gasteiger partial charge >= 0.3 is 6.03 Å². The summed E-state index contributed by atoms with van der Waals surface area (Å²) in [7, 11) is 0. The number of nitrogens with zero attached hydrogens (tertiary/aromatic N) is 1. The molecular formula is C15H23N3O2. The molecule has 20 heavy (non-hydrogen) atoms. The Bertz CT molecular complexity index is 433. The van der Waals surface area contributed by atoms with E-state index in [4.69, 9.17) is 4.74 Å². The number of carbonyl (C=O) groups is 1. The number of morpholine rings is 1. The maximum Gasteiger partial charge on any atom is 0.319 e. The Kier molecular flexibility index (Phi) is 5.24. The molecule has 5 nitrogen and oxygen atoms in total. The Morgan fingerprint density at radius 2 is 2.15 bits per heavy atom. The monoisotopic (exact) mass is 277 g/mol. The molecule has 0 saturated carbocycles. The third-order valence-electron chi connectivity index (χ3n) is 3.36. The molecule has 1 heterocycles. The van der Waals surface area contributed by atoms with Crippen LogP contribution < -0.4 is 15.5 Å². The molecule has 1 atom stereocenters. The van der Waals surface area contributed by atoms with Gasteiger partial charge in [0.15, 0.2) is 0 Å². The molecule has 1 aromatic rings. The molecule has 0 spiro atoms. The highest BCUT2D eigenvalue weighted by molar-refractivity contribution is 5.89. The predicted octanol–water partition coefficient (Wildman–Crippen LogP) is 2.44. The third-order valence-corrected chi connectivity index (χ3v) is 3.36. The molecule has 0 bridgehead atoms. The Morgan fingerprint density at radius 3 is 2.80 bits per heavy atom. The number of carbonyl (C=O) groups excluding carboxylic acids is 1. The second-order valence-corrected chi connectivity index (χ2v) is 5.05. The Hall–Kier alpha value is -1.75. The fraction of sp³-hybridized carbons (Fsp3) is 0.533. The molecule has 1 aliphatic heterocycles. The maximum absolute atomic E-state index is 11.6. The average molecular weight is 277 g/mol. The predicted molar refractivity (Wildman–Crippen MR) is 81.4 cm³/mol. The second kappa shape index (κ2) is 7.14. The fourth-order valence-corrected chi connectivity index (χ4v) is 2.26. The van der Waals surface area contributed by atoms with E-state index in [0.717, 1.165) is 31.9 Å². The SMILES string of the molecule is CCCNC(=O)Nc1ccc(N2CCOCC2C)cc1. The van der Waals surface area contributed by atoms with Gasteiger partial charge in [0.05, 0.1) is 13.2 Å². The molecule has 2 rings (SSSR count). The number of nitrogens with one attached hydrogen (secondary N) is 2. The largest absolute Gasteiger partial charge is 0.377 e. The molecule has 1 aromatic carbocycles. The van der Waals surface area contributed by atoms with Crippen LogP contribution in [0.25, 0.3) is 0 Å². The quantitative estimate of drug-likeness (QED) is 0.889. The smallest absolute Gasteiger partial charge is 0.319 e. The van der Waals surface area contributed by atoms with Gasteiger partial charge in [-0.2, -0.15) is 0 Å². The molecule has 1 aliphatic rings. The van der Waals surface area contributed by atoms with Crippen LogP contribution in [0.5, 0.6) is 0 Å². The van der Waals surface area contributed by atoms with E-state index in [9.17, 15) is 4.79 Å². The molecule has 110 valence electrons. The molecule has 5 heteroatoms. The third kappa shape index (κ3) is 3.87. The van der Waals surface area contributed by atoms with Crippen LogP contribution in [-0.2, 0) is 4.74 Å². The van der Waals surface area contributed by atoms with Crippen molar-refractivity contribution in [2.75, 3.05) is 36.5 Å². The van der Waals surface area contributed by atoms with E-state index in [1.54, 1.807) is 0 Å². The van der Waals surface area contributed by atoms with Crippen molar-refractivity contribution in [3.05, 3.63) is 24.3 Å². The first-order valence-electron chi connectivity index (χ1n) is 7.20. The zero-order valence-electron chi connectivity index (χ0n) is 12.2. The van der Waals surface area contributed by atoms with E-state index in [1.807, 2.05) is 31.2 Å². The highest BCUT2D eigenvalue weighted by Crippen LogP contribution is 2.21. The number of hydrogen-bond donors (Lipinski definition) is 2. The summed E-state index contributed by atoms with van der Waals surface area (Å²) in [6, 6.07) is 8.18. The number of ether oxygens (including phenoxy) is 1. The van der Waals surface area contributed by atoms with Crippen molar-refractivity contribution in [1.82, 2.24) is 5.32 Å². The van der Waals surface area contributed by atoms with Gasteiger partial charge in [0.25, 0.3) is 0 Å². The highest BCUT2D eigenvalue weighted by Gasteiger charge is 2.18. The minimum atomic E-state index is -0.153. The second-order valence-electron chi connectivity index (χ2n) is 5.05. The normalized spacial score (nSPS) is 18.7. The number of rotatable bonds is 4. The van der Waals surface area contributed by atoms with Crippen molar-refractivity contribution in [3.8, 4) is 0 Å². The van der Waals surface area contributed by atoms with Gasteiger partial charge in [0.1, 0.15) is 0 Å². The zero-order valence-corrected chi connectivity index (χ0v) is 12.2. The standard InChI is InChI=1S/C15H23N3O2/c1-3-8-16-15(19)17-13-4-6-14(7-5-13)18-9-10-20-11-12(18)2/h4-7,12H,3,8-11H2,1-2H3,(H2,16,17,19). The van der Waals surface area contributed by atoms with Crippen LogP contribution in [-0.4, -0.2) is 38.4 Å². The average Bonchev–Trinajstić information content (AvgIpc) is 2.47. The summed E-state index contributed by atoms with van der Waals surface area (Å²) in [5.41, 5.74) is 1.98. The van der Waals surface area contributed by atoms with E-state index >= 15 is 0 Å². The molecule has 1 fully saturated rings. The number of urea groups is 1. The van der Waals surface area contributed by atoms with E-state index in [2.05, 4.69) is 22.5 Å². The summed E-state index contributed by atoms with van der Waals surface area (Å²) in [5.74, 6) is 0. The Labute approximate surface area is 120 Å². The van der Waals surface area contributed by atoms with Crippen molar-refractivity contribution in [2.24, 2.45) is 0 Å². The fourth-order valence-electron chi connectivity index (χ4n) is 2.26. The van der Waals surface area contributed by atoms with E-state index in [0.29, 0.717) is 12.6 Å². The van der Waals surface area contributed by atoms with Crippen molar-refractivity contribution in [2.45, 2.75) is 26.3 Å². The van der Waals surface area contributed by atoms with Gasteiger partial charge in [-0.1, -0.05) is 6.92 Å². The number of hydrogen-bond acceptors (Lipinski definition) is 3. The summed E-state index contributed by atoms with van der Waals surface area (Å²) in [6.07, 6.45) is 0.932. The molecule has 1 unspecified atom stereocenters. The van der Waals surface area contributed by atoms with Gasteiger partial charge in [0.2, 0.25) is 0 Å². The molecule has 0 aromatic heterocycles. The lowest BCUT2D eigenvalue weighted by molar-refractivity contribution is 0.0989. The lowest BCUT2D eigenvalue weighted by atomic mass is 10.2. The van der Waals surface area contributed by atoms with Crippen molar-refractivity contribution >= 4 is 17.4 Å². The summed E-state index contributed by atoms with van der Waals surface area (Å²) >= 11 is 0. The number of benzene rings is 1. The van der Waals surface area contributed by atoms with Crippen LogP contribution in [0.4, 0.5) is 16.2 Å². The van der Waals surface area contributed by atoms with Crippen LogP contribution in [0.1, 0.15) is 20.3 Å². The van der Waals surface area contributed by atoms with E-state index in [1.165, 1.54) is 5.69 Å². The highest BCUT2D eigenvalue weighted by atomic mass is 16.5. The zero-order chi connectivity index (χ0) is 14.4. The van der Waals surface area contributed by atoms with Crippen molar-refractivity contribution in [1.29, 1.82) is 0 Å². The van der Waals surface area contributed by atoms with Gasteiger partial charge < -0.3 is 20.3 Å².